The second-order valence-corrected chi connectivity index (χ2v) is 7.13. The first-order valence-corrected chi connectivity index (χ1v) is 8.99. The summed E-state index contributed by atoms with van der Waals surface area (Å²) < 4.78 is 2.32. The average Bonchev–Trinajstić information content (AvgIpc) is 3.04. The zero-order valence-electron chi connectivity index (χ0n) is 14.0. The van der Waals surface area contributed by atoms with Crippen LogP contribution in [0.3, 0.4) is 0 Å². The molecule has 2 aliphatic rings. The first-order chi connectivity index (χ1) is 11.3. The van der Waals surface area contributed by atoms with Gasteiger partial charge in [-0.3, -0.25) is 4.98 Å². The quantitative estimate of drug-likeness (QED) is 0.870. The van der Waals surface area contributed by atoms with Crippen LogP contribution >= 0.6 is 0 Å². The van der Waals surface area contributed by atoms with E-state index in [-0.39, 0.29) is 0 Å². The molecule has 2 fully saturated rings. The highest BCUT2D eigenvalue weighted by atomic mass is 15.2. The predicted octanol–water partition coefficient (Wildman–Crippen LogP) is 3.52. The third-order valence-corrected chi connectivity index (χ3v) is 5.52. The summed E-state index contributed by atoms with van der Waals surface area (Å²) in [5, 5.41) is 0. The highest BCUT2D eigenvalue weighted by Crippen LogP contribution is 2.32. The average molecular weight is 310 g/mol. The van der Waals surface area contributed by atoms with Crippen LogP contribution in [0, 0.1) is 12.8 Å². The molecule has 0 bridgehead atoms. The Morgan fingerprint density at radius 2 is 2.00 bits per heavy atom. The second kappa shape index (κ2) is 6.44. The van der Waals surface area contributed by atoms with Crippen molar-refractivity contribution >= 4 is 0 Å². The molecule has 0 aromatic carbocycles. The molecule has 2 aromatic heterocycles. The minimum Gasteiger partial charge on any atom is -0.329 e. The number of nitrogens with zero attached hydrogens (tertiary/aromatic N) is 4. The van der Waals surface area contributed by atoms with Gasteiger partial charge in [-0.15, -0.1) is 0 Å². The minimum atomic E-state index is 0.752. The van der Waals surface area contributed by atoms with Crippen molar-refractivity contribution in [2.24, 2.45) is 5.92 Å². The summed E-state index contributed by atoms with van der Waals surface area (Å²) in [4.78, 5) is 11.9. The molecular formula is C19H26N4. The third kappa shape index (κ3) is 3.05. The van der Waals surface area contributed by atoms with Gasteiger partial charge in [0.05, 0.1) is 0 Å². The van der Waals surface area contributed by atoms with Crippen LogP contribution in [0.2, 0.25) is 0 Å². The highest BCUT2D eigenvalue weighted by Gasteiger charge is 2.33. The fourth-order valence-corrected chi connectivity index (χ4v) is 4.33. The SMILES string of the molecule is Cc1ccc(-c2nccn2C[C@@H]2CCCN3CCCC[C@H]23)nc1. The summed E-state index contributed by atoms with van der Waals surface area (Å²) in [6, 6.07) is 4.98. The Morgan fingerprint density at radius 1 is 1.09 bits per heavy atom. The number of hydrogen-bond donors (Lipinski definition) is 0. The van der Waals surface area contributed by atoms with E-state index in [0.717, 1.165) is 30.0 Å². The fraction of sp³-hybridized carbons (Fsp3) is 0.579. The Labute approximate surface area is 138 Å². The van der Waals surface area contributed by atoms with Crippen LogP contribution in [0.25, 0.3) is 11.5 Å². The van der Waals surface area contributed by atoms with Gasteiger partial charge in [0.25, 0.3) is 0 Å². The lowest BCUT2D eigenvalue weighted by molar-refractivity contribution is 0.0521. The lowest BCUT2D eigenvalue weighted by Gasteiger charge is -2.44. The molecule has 0 spiro atoms. The van der Waals surface area contributed by atoms with Crippen molar-refractivity contribution in [2.75, 3.05) is 13.1 Å². The molecular weight excluding hydrogens is 284 g/mol. The largest absolute Gasteiger partial charge is 0.329 e. The van der Waals surface area contributed by atoms with Crippen molar-refractivity contribution in [3.8, 4) is 11.5 Å². The Kier molecular flexibility index (Phi) is 4.17. The van der Waals surface area contributed by atoms with Crippen molar-refractivity contribution in [3.63, 3.8) is 0 Å². The summed E-state index contributed by atoms with van der Waals surface area (Å²) >= 11 is 0. The topological polar surface area (TPSA) is 34.0 Å². The van der Waals surface area contributed by atoms with E-state index in [0.29, 0.717) is 0 Å². The van der Waals surface area contributed by atoms with E-state index < -0.39 is 0 Å². The number of fused-ring (bicyclic) bond motifs is 1. The van der Waals surface area contributed by atoms with E-state index in [4.69, 9.17) is 0 Å². The number of aryl methyl sites for hydroxylation is 1. The van der Waals surface area contributed by atoms with Gasteiger partial charge < -0.3 is 9.47 Å². The van der Waals surface area contributed by atoms with Gasteiger partial charge in [-0.1, -0.05) is 12.5 Å². The van der Waals surface area contributed by atoms with E-state index in [9.17, 15) is 0 Å². The summed E-state index contributed by atoms with van der Waals surface area (Å²) in [6.07, 6.45) is 12.8. The summed E-state index contributed by atoms with van der Waals surface area (Å²) in [5.74, 6) is 1.76. The maximum Gasteiger partial charge on any atom is 0.158 e. The van der Waals surface area contributed by atoms with Gasteiger partial charge in [-0.2, -0.15) is 0 Å². The highest BCUT2D eigenvalue weighted by molar-refractivity contribution is 5.49. The lowest BCUT2D eigenvalue weighted by atomic mass is 9.83. The van der Waals surface area contributed by atoms with Gasteiger partial charge in [-0.25, -0.2) is 4.98 Å². The van der Waals surface area contributed by atoms with Crippen molar-refractivity contribution in [1.82, 2.24) is 19.4 Å². The molecule has 2 saturated heterocycles. The Balaban J connectivity index is 1.55. The maximum atomic E-state index is 4.57. The number of pyridine rings is 1. The summed E-state index contributed by atoms with van der Waals surface area (Å²) in [5.41, 5.74) is 2.17. The molecule has 122 valence electrons. The molecule has 0 aliphatic carbocycles. The Hall–Kier alpha value is -1.68. The van der Waals surface area contributed by atoms with Gasteiger partial charge >= 0.3 is 0 Å². The summed E-state index contributed by atoms with van der Waals surface area (Å²) in [7, 11) is 0. The zero-order valence-corrected chi connectivity index (χ0v) is 14.0. The second-order valence-electron chi connectivity index (χ2n) is 7.13. The molecule has 0 amide bonds. The van der Waals surface area contributed by atoms with E-state index in [1.165, 1.54) is 50.8 Å². The molecule has 2 aromatic rings. The maximum absolute atomic E-state index is 4.57. The molecule has 0 N–H and O–H groups in total. The predicted molar refractivity (Wildman–Crippen MR) is 92.1 cm³/mol. The number of piperidine rings is 2. The molecule has 4 nitrogen and oxygen atoms in total. The molecule has 0 radical (unpaired) electrons. The molecule has 4 heterocycles. The van der Waals surface area contributed by atoms with Crippen LogP contribution in [-0.4, -0.2) is 38.6 Å². The van der Waals surface area contributed by atoms with E-state index in [1.54, 1.807) is 0 Å². The van der Waals surface area contributed by atoms with E-state index in [1.807, 2.05) is 12.4 Å². The molecule has 0 unspecified atom stereocenters. The smallest absolute Gasteiger partial charge is 0.158 e. The Bertz CT molecular complexity index is 644. The molecule has 2 aliphatic heterocycles. The van der Waals surface area contributed by atoms with Gasteiger partial charge in [-0.05, 0) is 63.2 Å². The number of hydrogen-bond acceptors (Lipinski definition) is 3. The van der Waals surface area contributed by atoms with Gasteiger partial charge in [0.2, 0.25) is 0 Å². The van der Waals surface area contributed by atoms with Crippen LogP contribution in [-0.2, 0) is 6.54 Å². The molecule has 0 saturated carbocycles. The fourth-order valence-electron chi connectivity index (χ4n) is 4.33. The number of aromatic nitrogens is 3. The van der Waals surface area contributed by atoms with Crippen LogP contribution in [0.1, 0.15) is 37.7 Å². The van der Waals surface area contributed by atoms with Crippen LogP contribution in [0.4, 0.5) is 0 Å². The monoisotopic (exact) mass is 310 g/mol. The molecule has 4 heteroatoms. The van der Waals surface area contributed by atoms with E-state index >= 15 is 0 Å². The van der Waals surface area contributed by atoms with Gasteiger partial charge in [0.1, 0.15) is 5.69 Å². The molecule has 23 heavy (non-hydrogen) atoms. The van der Waals surface area contributed by atoms with Gasteiger partial charge in [0.15, 0.2) is 5.82 Å². The van der Waals surface area contributed by atoms with Crippen molar-refractivity contribution < 1.29 is 0 Å². The number of rotatable bonds is 3. The minimum absolute atomic E-state index is 0.752. The zero-order chi connectivity index (χ0) is 15.6. The van der Waals surface area contributed by atoms with Crippen LogP contribution in [0.5, 0.6) is 0 Å². The standard InChI is InChI=1S/C19H26N4/c1-15-7-8-17(21-13-15)19-20-9-12-23(19)14-16-5-4-11-22-10-3-2-6-18(16)22/h7-9,12-13,16,18H,2-6,10-11,14H2,1H3/t16-,18+/m0/s1. The lowest BCUT2D eigenvalue weighted by Crippen LogP contribution is -2.49. The molecule has 2 atom stereocenters. The van der Waals surface area contributed by atoms with Crippen molar-refractivity contribution in [3.05, 3.63) is 36.3 Å². The number of imidazole rings is 1. The Morgan fingerprint density at radius 3 is 2.87 bits per heavy atom. The van der Waals surface area contributed by atoms with Crippen molar-refractivity contribution in [1.29, 1.82) is 0 Å². The third-order valence-electron chi connectivity index (χ3n) is 5.52. The normalized spacial score (nSPS) is 25.3. The first-order valence-electron chi connectivity index (χ1n) is 8.99. The van der Waals surface area contributed by atoms with E-state index in [2.05, 4.69) is 44.7 Å². The summed E-state index contributed by atoms with van der Waals surface area (Å²) in [6.45, 7) is 5.75. The van der Waals surface area contributed by atoms with Crippen LogP contribution in [0.15, 0.2) is 30.7 Å². The first kappa shape index (κ1) is 14.9. The molecule has 4 rings (SSSR count). The van der Waals surface area contributed by atoms with Gasteiger partial charge in [0, 0.05) is 31.2 Å². The van der Waals surface area contributed by atoms with Crippen molar-refractivity contribution in [2.45, 2.75) is 51.6 Å². The van der Waals surface area contributed by atoms with Crippen LogP contribution < -0.4 is 0 Å².